The number of ether oxygens (including phenoxy) is 3. The van der Waals surface area contributed by atoms with Crippen LogP contribution in [0, 0.1) is 17.3 Å². The Morgan fingerprint density at radius 3 is 2.18 bits per heavy atom. The fourth-order valence-corrected chi connectivity index (χ4v) is 7.52. The van der Waals surface area contributed by atoms with E-state index in [1.165, 1.54) is 24.8 Å². The molecule has 0 aromatic heterocycles. The highest BCUT2D eigenvalue weighted by molar-refractivity contribution is 5.83. The molecule has 0 aliphatic heterocycles. The predicted octanol–water partition coefficient (Wildman–Crippen LogP) is 5.21. The highest BCUT2D eigenvalue weighted by Gasteiger charge is 2.61. The van der Waals surface area contributed by atoms with E-state index in [0.29, 0.717) is 35.8 Å². The van der Waals surface area contributed by atoms with Crippen molar-refractivity contribution in [3.63, 3.8) is 0 Å². The van der Waals surface area contributed by atoms with E-state index in [-0.39, 0.29) is 10.8 Å². The molecular formula is C28H35NO4. The van der Waals surface area contributed by atoms with Gasteiger partial charge in [0.1, 0.15) is 5.75 Å². The lowest BCUT2D eigenvalue weighted by atomic mass is 9.42. The van der Waals surface area contributed by atoms with Crippen LogP contribution in [0.5, 0.6) is 17.2 Å². The topological polar surface area (TPSA) is 48.0 Å². The number of benzene rings is 2. The summed E-state index contributed by atoms with van der Waals surface area (Å²) in [5.41, 5.74) is 2.32. The Labute approximate surface area is 197 Å². The van der Waals surface area contributed by atoms with Crippen LogP contribution in [-0.2, 0) is 16.8 Å². The molecule has 4 aliphatic carbocycles. The fraction of sp³-hybridized carbons (Fsp3) is 0.536. The van der Waals surface area contributed by atoms with Gasteiger partial charge in [-0.25, -0.2) is 0 Å². The van der Waals surface area contributed by atoms with Crippen LogP contribution in [0.1, 0.15) is 49.7 Å². The van der Waals surface area contributed by atoms with Crippen LogP contribution in [0.25, 0.3) is 0 Å². The molecule has 4 bridgehead atoms. The zero-order valence-electron chi connectivity index (χ0n) is 20.2. The molecule has 5 nitrogen and oxygen atoms in total. The third-order valence-electron chi connectivity index (χ3n) is 8.43. The summed E-state index contributed by atoms with van der Waals surface area (Å²) in [6.07, 6.45) is 6.75. The summed E-state index contributed by atoms with van der Waals surface area (Å²) in [7, 11) is 6.95. The predicted molar refractivity (Wildman–Crippen MR) is 128 cm³/mol. The largest absolute Gasteiger partial charge is 0.497 e. The zero-order chi connectivity index (χ0) is 23.2. The monoisotopic (exact) mass is 449 g/mol. The molecule has 4 aliphatic rings. The maximum atomic E-state index is 14.0. The van der Waals surface area contributed by atoms with Gasteiger partial charge >= 0.3 is 0 Å². The van der Waals surface area contributed by atoms with Crippen LogP contribution in [0.15, 0.2) is 42.5 Å². The van der Waals surface area contributed by atoms with Crippen molar-refractivity contribution in [1.29, 1.82) is 0 Å². The Kier molecular flexibility index (Phi) is 5.54. The van der Waals surface area contributed by atoms with Gasteiger partial charge in [-0.2, -0.15) is 0 Å². The average Bonchev–Trinajstić information content (AvgIpc) is 2.82. The summed E-state index contributed by atoms with van der Waals surface area (Å²) >= 11 is 0. The summed E-state index contributed by atoms with van der Waals surface area (Å²) in [5.74, 6) is 3.90. The molecular weight excluding hydrogens is 414 g/mol. The summed E-state index contributed by atoms with van der Waals surface area (Å²) in [6, 6.07) is 14.5. The van der Waals surface area contributed by atoms with Crippen molar-refractivity contribution in [2.45, 2.75) is 50.5 Å². The molecule has 0 N–H and O–H groups in total. The molecule has 0 heterocycles. The number of carbonyl (C=O) groups excluding carboxylic acids is 1. The van der Waals surface area contributed by atoms with E-state index in [0.717, 1.165) is 30.6 Å². The number of amides is 1. The number of rotatable bonds is 7. The molecule has 0 radical (unpaired) electrons. The number of nitrogens with zero attached hydrogens (tertiary/aromatic N) is 1. The normalized spacial score (nSPS) is 29.6. The SMILES string of the molecule is COc1ccc(C23C[C@@H]4C[C@H](CC(C(=O)N(C)Cc5ccc(OC)c(OC)c5)(C4)C2)C3)cc1. The Hall–Kier alpha value is -2.69. The minimum absolute atomic E-state index is 0.121. The number of methoxy groups -OCH3 is 3. The van der Waals surface area contributed by atoms with E-state index in [1.54, 1.807) is 21.3 Å². The van der Waals surface area contributed by atoms with Crippen molar-refractivity contribution in [3.05, 3.63) is 53.6 Å². The van der Waals surface area contributed by atoms with Gasteiger partial charge < -0.3 is 19.1 Å². The van der Waals surface area contributed by atoms with Crippen LogP contribution in [0.3, 0.4) is 0 Å². The maximum Gasteiger partial charge on any atom is 0.228 e. The minimum Gasteiger partial charge on any atom is -0.497 e. The van der Waals surface area contributed by atoms with E-state index < -0.39 is 0 Å². The lowest BCUT2D eigenvalue weighted by Gasteiger charge is -2.62. The van der Waals surface area contributed by atoms with Gasteiger partial charge in [0.05, 0.1) is 26.7 Å². The molecule has 6 rings (SSSR count). The quantitative estimate of drug-likeness (QED) is 0.582. The van der Waals surface area contributed by atoms with E-state index in [2.05, 4.69) is 24.3 Å². The van der Waals surface area contributed by atoms with Crippen molar-refractivity contribution in [2.24, 2.45) is 17.3 Å². The number of hydrogen-bond donors (Lipinski definition) is 0. The van der Waals surface area contributed by atoms with Crippen LogP contribution in [0.4, 0.5) is 0 Å². The van der Waals surface area contributed by atoms with Crippen molar-refractivity contribution < 1.29 is 19.0 Å². The van der Waals surface area contributed by atoms with Crippen molar-refractivity contribution >= 4 is 5.91 Å². The van der Waals surface area contributed by atoms with Crippen LogP contribution < -0.4 is 14.2 Å². The maximum absolute atomic E-state index is 14.0. The molecule has 176 valence electrons. The zero-order valence-corrected chi connectivity index (χ0v) is 20.2. The number of carbonyl (C=O) groups is 1. The van der Waals surface area contributed by atoms with Crippen LogP contribution >= 0.6 is 0 Å². The van der Waals surface area contributed by atoms with Gasteiger partial charge in [0.2, 0.25) is 5.91 Å². The van der Waals surface area contributed by atoms with Crippen molar-refractivity contribution in [1.82, 2.24) is 4.90 Å². The van der Waals surface area contributed by atoms with E-state index >= 15 is 0 Å². The third-order valence-corrected chi connectivity index (χ3v) is 8.43. The highest BCUT2D eigenvalue weighted by atomic mass is 16.5. The Balaban J connectivity index is 1.39. The molecule has 5 heteroatoms. The van der Waals surface area contributed by atoms with Gasteiger partial charge in [-0.05, 0) is 91.2 Å². The van der Waals surface area contributed by atoms with Gasteiger partial charge in [0.15, 0.2) is 11.5 Å². The van der Waals surface area contributed by atoms with Crippen molar-refractivity contribution in [3.8, 4) is 17.2 Å². The first-order valence-corrected chi connectivity index (χ1v) is 12.0. The number of hydrogen-bond acceptors (Lipinski definition) is 4. The molecule has 4 fully saturated rings. The van der Waals surface area contributed by atoms with E-state index in [9.17, 15) is 4.79 Å². The molecule has 2 atom stereocenters. The minimum atomic E-state index is -0.241. The second kappa shape index (κ2) is 8.27. The molecule has 4 saturated carbocycles. The molecule has 0 unspecified atom stereocenters. The first kappa shape index (κ1) is 22.1. The Morgan fingerprint density at radius 2 is 1.58 bits per heavy atom. The Morgan fingerprint density at radius 1 is 0.909 bits per heavy atom. The van der Waals surface area contributed by atoms with E-state index in [4.69, 9.17) is 14.2 Å². The second-order valence-corrected chi connectivity index (χ2v) is 10.6. The fourth-order valence-electron chi connectivity index (χ4n) is 7.52. The van der Waals surface area contributed by atoms with Gasteiger partial charge in [0, 0.05) is 13.6 Å². The second-order valence-electron chi connectivity index (χ2n) is 10.6. The molecule has 1 amide bonds. The first-order valence-electron chi connectivity index (χ1n) is 12.0. The summed E-state index contributed by atoms with van der Waals surface area (Å²) < 4.78 is 16.2. The summed E-state index contributed by atoms with van der Waals surface area (Å²) in [6.45, 7) is 0.575. The smallest absolute Gasteiger partial charge is 0.228 e. The average molecular weight is 450 g/mol. The van der Waals surface area contributed by atoms with Crippen LogP contribution in [-0.4, -0.2) is 39.2 Å². The first-order chi connectivity index (χ1) is 15.9. The molecule has 33 heavy (non-hydrogen) atoms. The van der Waals surface area contributed by atoms with Gasteiger partial charge in [-0.15, -0.1) is 0 Å². The van der Waals surface area contributed by atoms with Gasteiger partial charge in [0.25, 0.3) is 0 Å². The molecule has 0 saturated heterocycles. The van der Waals surface area contributed by atoms with Crippen LogP contribution in [0.2, 0.25) is 0 Å². The Bertz CT molecular complexity index is 1020. The highest BCUT2D eigenvalue weighted by Crippen LogP contribution is 2.66. The van der Waals surface area contributed by atoms with Gasteiger partial charge in [-0.3, -0.25) is 4.79 Å². The summed E-state index contributed by atoms with van der Waals surface area (Å²) in [4.78, 5) is 15.9. The molecule has 2 aromatic rings. The summed E-state index contributed by atoms with van der Waals surface area (Å²) in [5, 5.41) is 0. The van der Waals surface area contributed by atoms with Gasteiger partial charge in [-0.1, -0.05) is 18.2 Å². The third kappa shape index (κ3) is 3.75. The van der Waals surface area contributed by atoms with E-state index in [1.807, 2.05) is 30.1 Å². The van der Waals surface area contributed by atoms with Crippen molar-refractivity contribution in [2.75, 3.05) is 28.4 Å². The standard InChI is InChI=1S/C28H35NO4/c1-29(17-19-5-10-24(32-3)25(12-19)33-4)26(30)28-15-20-11-21(16-28)14-27(13-20,18-28)22-6-8-23(31-2)9-7-22/h5-10,12,20-21H,11,13-18H2,1-4H3/t20-,21-,27?,28?/m0/s1. The lowest BCUT2D eigenvalue weighted by molar-refractivity contribution is -0.159. The molecule has 0 spiro atoms. The lowest BCUT2D eigenvalue weighted by Crippen LogP contribution is -2.59. The molecule has 2 aromatic carbocycles.